The lowest BCUT2D eigenvalue weighted by molar-refractivity contribution is -0.262. The number of nitrogens with one attached hydrogen (secondary N) is 1. The number of aliphatic hydroxyl groups excluding tert-OH is 2. The maximum Gasteiger partial charge on any atom is 0.397 e. The average Bonchev–Trinajstić information content (AvgIpc) is 2.40. The van der Waals surface area contributed by atoms with Gasteiger partial charge in [-0.05, 0) is 0 Å². The Morgan fingerprint density at radius 3 is 2.59 bits per heavy atom. The van der Waals surface area contributed by atoms with Crippen molar-refractivity contribution < 1.29 is 41.6 Å². The second kappa shape index (κ2) is 7.84. The molecule has 5 atom stereocenters. The van der Waals surface area contributed by atoms with Gasteiger partial charge in [0, 0.05) is 6.92 Å². The Kier molecular flexibility index (Phi) is 6.69. The number of rotatable bonds is 6. The Labute approximate surface area is 127 Å². The van der Waals surface area contributed by atoms with Gasteiger partial charge in [-0.2, -0.15) is 8.42 Å². The number of hydrogen-bond acceptors (Lipinski definition) is 8. The van der Waals surface area contributed by atoms with E-state index >= 15 is 0 Å². The smallest absolute Gasteiger partial charge is 0.394 e. The van der Waals surface area contributed by atoms with E-state index in [1.165, 1.54) is 0 Å². The van der Waals surface area contributed by atoms with Crippen LogP contribution < -0.4 is 5.32 Å². The summed E-state index contributed by atoms with van der Waals surface area (Å²) < 4.78 is 45.0. The van der Waals surface area contributed by atoms with Crippen molar-refractivity contribution in [2.45, 2.75) is 37.6 Å². The normalized spacial score (nSPS) is 32.2. The Hall–Kier alpha value is -1.26. The fraction of sp³-hybridized carbons (Fsp3) is 0.727. The molecular weight excluding hydrogens is 322 g/mol. The molecule has 0 spiro atoms. The molecule has 1 fully saturated rings. The van der Waals surface area contributed by atoms with E-state index in [4.69, 9.17) is 20.4 Å². The molecule has 22 heavy (non-hydrogen) atoms. The molecule has 0 aromatic rings. The maximum atomic E-state index is 11.2. The van der Waals surface area contributed by atoms with Gasteiger partial charge in [0.25, 0.3) is 0 Å². The Morgan fingerprint density at radius 2 is 2.14 bits per heavy atom. The largest absolute Gasteiger partial charge is 0.397 e. The summed E-state index contributed by atoms with van der Waals surface area (Å²) in [7, 11) is -4.92. The number of carbonyl (C=O) groups is 1. The number of terminal acetylenes is 1. The van der Waals surface area contributed by atoms with Crippen LogP contribution in [0.25, 0.3) is 0 Å². The van der Waals surface area contributed by atoms with Crippen LogP contribution in [0.5, 0.6) is 0 Å². The molecule has 0 radical (unpaired) electrons. The number of carbonyl (C=O) groups excluding carboxylic acids is 1. The summed E-state index contributed by atoms with van der Waals surface area (Å²) in [5.74, 6) is 1.60. The standard InChI is InChI=1S/C11H17NO9S/c1-3-4-19-11-8(12-6(2)14)9(15)10(7(5-13)20-11)21-22(16,17)18/h1,7-11,13,15H,4-5H2,2H3,(H,12,14)(H,16,17,18)/t7-,8-,9-,10+,11-/m1/s1. The van der Waals surface area contributed by atoms with Crippen LogP contribution in [0.4, 0.5) is 0 Å². The molecule has 0 aromatic heterocycles. The molecule has 0 unspecified atom stereocenters. The van der Waals surface area contributed by atoms with Crippen molar-refractivity contribution in [3.63, 3.8) is 0 Å². The molecule has 1 amide bonds. The first kappa shape index (κ1) is 18.8. The molecule has 0 saturated carbocycles. The van der Waals surface area contributed by atoms with E-state index in [1.54, 1.807) is 0 Å². The highest BCUT2D eigenvalue weighted by molar-refractivity contribution is 7.80. The fourth-order valence-corrected chi connectivity index (χ4v) is 2.51. The van der Waals surface area contributed by atoms with E-state index in [2.05, 4.69) is 15.4 Å². The minimum Gasteiger partial charge on any atom is -0.394 e. The van der Waals surface area contributed by atoms with E-state index in [0.29, 0.717) is 0 Å². The third kappa shape index (κ3) is 5.18. The molecular formula is C11H17NO9S. The predicted octanol–water partition coefficient (Wildman–Crippen LogP) is -2.59. The van der Waals surface area contributed by atoms with Crippen molar-refractivity contribution in [3.05, 3.63) is 0 Å². The molecule has 1 rings (SSSR count). The van der Waals surface area contributed by atoms with Gasteiger partial charge in [0.05, 0.1) is 6.61 Å². The molecule has 1 aliphatic rings. The zero-order chi connectivity index (χ0) is 16.9. The topological polar surface area (TPSA) is 152 Å². The monoisotopic (exact) mass is 339 g/mol. The molecule has 4 N–H and O–H groups in total. The molecule has 0 aromatic carbocycles. The van der Waals surface area contributed by atoms with E-state index < -0.39 is 53.6 Å². The minimum absolute atomic E-state index is 0.213. The number of hydrogen-bond donors (Lipinski definition) is 4. The summed E-state index contributed by atoms with van der Waals surface area (Å²) in [6.07, 6.45) is -0.837. The van der Waals surface area contributed by atoms with Crippen molar-refractivity contribution in [3.8, 4) is 12.3 Å². The quantitative estimate of drug-likeness (QED) is 0.302. The summed E-state index contributed by atoms with van der Waals surface area (Å²) in [6, 6.07) is -1.22. The van der Waals surface area contributed by atoms with Crippen LogP contribution in [-0.4, -0.2) is 72.9 Å². The highest BCUT2D eigenvalue weighted by Gasteiger charge is 2.48. The summed E-state index contributed by atoms with van der Waals surface area (Å²) in [5.41, 5.74) is 0. The van der Waals surface area contributed by atoms with Crippen molar-refractivity contribution in [1.29, 1.82) is 0 Å². The van der Waals surface area contributed by atoms with Crippen molar-refractivity contribution >= 4 is 16.3 Å². The Balaban J connectivity index is 3.02. The van der Waals surface area contributed by atoms with Gasteiger partial charge in [0.2, 0.25) is 5.91 Å². The van der Waals surface area contributed by atoms with Crippen LogP contribution in [0.3, 0.4) is 0 Å². The van der Waals surface area contributed by atoms with Gasteiger partial charge in [0.1, 0.15) is 31.0 Å². The lowest BCUT2D eigenvalue weighted by atomic mass is 9.97. The Bertz CT molecular complexity index is 528. The summed E-state index contributed by atoms with van der Waals surface area (Å²) in [6.45, 7) is 0.205. The molecule has 1 saturated heterocycles. The van der Waals surface area contributed by atoms with Crippen LogP contribution in [0.2, 0.25) is 0 Å². The molecule has 0 bridgehead atoms. The zero-order valence-corrected chi connectivity index (χ0v) is 12.4. The first-order chi connectivity index (χ1) is 10.2. The van der Waals surface area contributed by atoms with E-state index in [0.717, 1.165) is 6.92 Å². The first-order valence-electron chi connectivity index (χ1n) is 6.12. The number of amides is 1. The van der Waals surface area contributed by atoms with Crippen LogP contribution in [-0.2, 0) is 28.9 Å². The van der Waals surface area contributed by atoms with Gasteiger partial charge < -0.3 is 25.0 Å². The van der Waals surface area contributed by atoms with Gasteiger partial charge in [-0.25, -0.2) is 4.18 Å². The predicted molar refractivity (Wildman–Crippen MR) is 70.6 cm³/mol. The first-order valence-corrected chi connectivity index (χ1v) is 7.48. The molecule has 1 aliphatic heterocycles. The Morgan fingerprint density at radius 1 is 1.50 bits per heavy atom. The second-order valence-electron chi connectivity index (χ2n) is 4.45. The van der Waals surface area contributed by atoms with Crippen LogP contribution >= 0.6 is 0 Å². The highest BCUT2D eigenvalue weighted by Crippen LogP contribution is 2.25. The summed E-state index contributed by atoms with van der Waals surface area (Å²) in [5, 5.41) is 21.7. The highest BCUT2D eigenvalue weighted by atomic mass is 32.3. The van der Waals surface area contributed by atoms with Gasteiger partial charge in [-0.15, -0.1) is 6.42 Å². The van der Waals surface area contributed by atoms with E-state index in [9.17, 15) is 23.4 Å². The summed E-state index contributed by atoms with van der Waals surface area (Å²) in [4.78, 5) is 11.2. The summed E-state index contributed by atoms with van der Waals surface area (Å²) >= 11 is 0. The SMILES string of the molecule is C#CCO[C@@H]1O[C@H](CO)[C@H](OS(=O)(=O)O)[C@H](O)[C@H]1NC(C)=O. The molecule has 126 valence electrons. The van der Waals surface area contributed by atoms with Crippen LogP contribution in [0.1, 0.15) is 6.92 Å². The second-order valence-corrected chi connectivity index (χ2v) is 5.49. The van der Waals surface area contributed by atoms with Gasteiger partial charge >= 0.3 is 10.4 Å². The molecule has 11 heteroatoms. The third-order valence-corrected chi connectivity index (χ3v) is 3.25. The van der Waals surface area contributed by atoms with Gasteiger partial charge in [0.15, 0.2) is 6.29 Å². The fourth-order valence-electron chi connectivity index (χ4n) is 1.99. The van der Waals surface area contributed by atoms with Crippen molar-refractivity contribution in [1.82, 2.24) is 5.32 Å². The lowest BCUT2D eigenvalue weighted by Gasteiger charge is -2.42. The number of aliphatic hydroxyl groups is 2. The van der Waals surface area contributed by atoms with E-state index in [1.807, 2.05) is 0 Å². The lowest BCUT2D eigenvalue weighted by Crippen LogP contribution is -2.65. The average molecular weight is 339 g/mol. The maximum absolute atomic E-state index is 11.2. The van der Waals surface area contributed by atoms with Crippen LogP contribution in [0, 0.1) is 12.3 Å². The van der Waals surface area contributed by atoms with Crippen LogP contribution in [0.15, 0.2) is 0 Å². The van der Waals surface area contributed by atoms with Gasteiger partial charge in [-0.3, -0.25) is 9.35 Å². The number of ether oxygens (including phenoxy) is 2. The van der Waals surface area contributed by atoms with Crippen molar-refractivity contribution in [2.75, 3.05) is 13.2 Å². The molecule has 1 heterocycles. The molecule has 0 aliphatic carbocycles. The van der Waals surface area contributed by atoms with Gasteiger partial charge in [-0.1, -0.05) is 5.92 Å². The minimum atomic E-state index is -4.92. The third-order valence-electron chi connectivity index (χ3n) is 2.79. The molecule has 10 nitrogen and oxygen atoms in total. The zero-order valence-electron chi connectivity index (χ0n) is 11.6. The van der Waals surface area contributed by atoms with Crippen molar-refractivity contribution in [2.24, 2.45) is 0 Å². The van der Waals surface area contributed by atoms with E-state index in [-0.39, 0.29) is 6.61 Å².